The molecule has 6 nitrogen and oxygen atoms in total. The Hall–Kier alpha value is -0.940. The molecule has 0 atom stereocenters. The molecule has 0 saturated carbocycles. The van der Waals surface area contributed by atoms with Crippen LogP contribution in [0.3, 0.4) is 0 Å². The summed E-state index contributed by atoms with van der Waals surface area (Å²) >= 11 is 1.99. The lowest BCUT2D eigenvalue weighted by Crippen LogP contribution is -2.49. The lowest BCUT2D eigenvalue weighted by molar-refractivity contribution is 0.0138. The van der Waals surface area contributed by atoms with Crippen LogP contribution in [0.2, 0.25) is 0 Å². The third-order valence-corrected chi connectivity index (χ3v) is 5.69. The minimum absolute atomic E-state index is 0.271. The van der Waals surface area contributed by atoms with E-state index < -0.39 is 15.8 Å². The van der Waals surface area contributed by atoms with Gasteiger partial charge in [-0.2, -0.15) is 8.42 Å². The molecule has 1 heterocycles. The van der Waals surface area contributed by atoms with Crippen molar-refractivity contribution in [2.45, 2.75) is 44.7 Å². The smallest absolute Gasteiger partial charge is 0.410 e. The normalized spacial score (nSPS) is 16.6. The molecular weight excluding hydrogens is 474 g/mol. The summed E-state index contributed by atoms with van der Waals surface area (Å²) in [7, 11) is -4.75. The Kier molecular flexibility index (Phi) is 6.55. The molecule has 1 saturated heterocycles. The molecule has 2 rings (SSSR count). The van der Waals surface area contributed by atoms with Gasteiger partial charge in [0.1, 0.15) is 10.5 Å². The van der Waals surface area contributed by atoms with E-state index in [2.05, 4.69) is 4.90 Å². The van der Waals surface area contributed by atoms with Crippen molar-refractivity contribution >= 4 is 38.9 Å². The van der Waals surface area contributed by atoms with E-state index in [1.54, 1.807) is 11.8 Å². The fourth-order valence-corrected chi connectivity index (χ4v) is 4.44. The molecule has 0 unspecified atom stereocenters. The van der Waals surface area contributed by atoms with Crippen LogP contribution in [0.1, 0.15) is 31.9 Å². The van der Waals surface area contributed by atoms with Crippen LogP contribution in [-0.4, -0.2) is 56.1 Å². The van der Waals surface area contributed by atoms with E-state index >= 15 is 0 Å². The molecule has 9 heteroatoms. The van der Waals surface area contributed by atoms with Gasteiger partial charge in [0.25, 0.3) is 0 Å². The quantitative estimate of drug-likeness (QED) is 0.473. The largest absolute Gasteiger partial charge is 0.444 e. The van der Waals surface area contributed by atoms with Crippen LogP contribution in [0.4, 0.5) is 8.68 Å². The molecule has 0 spiro atoms. The molecule has 0 radical (unpaired) electrons. The number of hydrogen-bond donors (Lipinski definition) is 0. The van der Waals surface area contributed by atoms with Gasteiger partial charge in [-0.05, 0) is 73.5 Å². The van der Waals surface area contributed by atoms with Crippen LogP contribution in [0.25, 0.3) is 0 Å². The summed E-state index contributed by atoms with van der Waals surface area (Å²) in [5.74, 6) is 0. The van der Waals surface area contributed by atoms with Gasteiger partial charge >= 0.3 is 16.3 Å². The standard InChI is InChI=1S/C17H24FIN2O4S/c1-12-13(9-14(19)10-15(12)26(18,23)24)11-20-5-7-21(8-6-20)16(22)25-17(2,3)4/h9-10H,5-8,11H2,1-4H3. The van der Waals surface area contributed by atoms with Crippen molar-refractivity contribution in [3.05, 3.63) is 26.8 Å². The van der Waals surface area contributed by atoms with Crippen LogP contribution in [-0.2, 0) is 21.5 Å². The maximum atomic E-state index is 13.5. The first-order chi connectivity index (χ1) is 11.9. The number of benzene rings is 1. The number of carbonyl (C=O) groups excluding carboxylic acids is 1. The van der Waals surface area contributed by atoms with Crippen molar-refractivity contribution < 1.29 is 21.8 Å². The molecule has 1 aromatic carbocycles. The monoisotopic (exact) mass is 498 g/mol. The number of hydrogen-bond acceptors (Lipinski definition) is 5. The zero-order valence-electron chi connectivity index (χ0n) is 15.4. The highest BCUT2D eigenvalue weighted by Gasteiger charge is 2.26. The minimum atomic E-state index is -4.75. The van der Waals surface area contributed by atoms with Gasteiger partial charge in [-0.1, -0.05) is 0 Å². The van der Waals surface area contributed by atoms with Gasteiger partial charge in [0.15, 0.2) is 0 Å². The van der Waals surface area contributed by atoms with Gasteiger partial charge < -0.3 is 9.64 Å². The summed E-state index contributed by atoms with van der Waals surface area (Å²) in [5, 5.41) is 0. The summed E-state index contributed by atoms with van der Waals surface area (Å²) in [6.45, 7) is 9.97. The second-order valence-electron chi connectivity index (χ2n) is 7.37. The maximum Gasteiger partial charge on any atom is 0.410 e. The average molecular weight is 498 g/mol. The van der Waals surface area contributed by atoms with E-state index in [1.807, 2.05) is 49.4 Å². The number of nitrogens with zero attached hydrogens (tertiary/aromatic N) is 2. The molecule has 1 amide bonds. The van der Waals surface area contributed by atoms with Crippen LogP contribution in [0.5, 0.6) is 0 Å². The molecule has 0 bridgehead atoms. The van der Waals surface area contributed by atoms with Crippen LogP contribution >= 0.6 is 22.6 Å². The number of amides is 1. The molecule has 1 fully saturated rings. The summed E-state index contributed by atoms with van der Waals surface area (Å²) in [6.07, 6.45) is -0.326. The van der Waals surface area contributed by atoms with E-state index in [1.165, 1.54) is 6.07 Å². The van der Waals surface area contributed by atoms with Gasteiger partial charge in [-0.25, -0.2) is 4.79 Å². The maximum absolute atomic E-state index is 13.5. The molecule has 26 heavy (non-hydrogen) atoms. The molecule has 1 aliphatic heterocycles. The number of halogens is 2. The highest BCUT2D eigenvalue weighted by Crippen LogP contribution is 2.25. The molecular formula is C17H24FIN2O4S. The minimum Gasteiger partial charge on any atom is -0.444 e. The zero-order chi connectivity index (χ0) is 19.7. The lowest BCUT2D eigenvalue weighted by Gasteiger charge is -2.35. The molecule has 0 aliphatic carbocycles. The van der Waals surface area contributed by atoms with Crippen LogP contribution < -0.4 is 0 Å². The highest BCUT2D eigenvalue weighted by molar-refractivity contribution is 14.1. The van der Waals surface area contributed by atoms with Gasteiger partial charge in [0.05, 0.1) is 0 Å². The first kappa shape index (κ1) is 21.4. The SMILES string of the molecule is Cc1c(CN2CCN(C(=O)OC(C)(C)C)CC2)cc(I)cc1S(=O)(=O)F. The Morgan fingerprint density at radius 2 is 1.81 bits per heavy atom. The molecule has 1 aliphatic rings. The second-order valence-corrected chi connectivity index (χ2v) is 9.93. The first-order valence-corrected chi connectivity index (χ1v) is 10.8. The molecule has 0 N–H and O–H groups in total. The van der Waals surface area contributed by atoms with Gasteiger partial charge in [-0.3, -0.25) is 4.90 Å². The van der Waals surface area contributed by atoms with Gasteiger partial charge in [0.2, 0.25) is 0 Å². The summed E-state index contributed by atoms with van der Waals surface area (Å²) in [5.41, 5.74) is 0.682. The number of carbonyl (C=O) groups is 1. The van der Waals surface area contributed by atoms with E-state index in [4.69, 9.17) is 4.74 Å². The van der Waals surface area contributed by atoms with E-state index in [0.29, 0.717) is 41.9 Å². The Balaban J connectivity index is 2.04. The topological polar surface area (TPSA) is 66.9 Å². The predicted molar refractivity (Wildman–Crippen MR) is 105 cm³/mol. The fourth-order valence-electron chi connectivity index (χ4n) is 2.78. The van der Waals surface area contributed by atoms with Crippen LogP contribution in [0, 0.1) is 10.5 Å². The van der Waals surface area contributed by atoms with Crippen molar-refractivity contribution in [3.63, 3.8) is 0 Å². The van der Waals surface area contributed by atoms with Crippen LogP contribution in [0.15, 0.2) is 17.0 Å². The first-order valence-electron chi connectivity index (χ1n) is 8.31. The Bertz CT molecular complexity index is 785. The van der Waals surface area contributed by atoms with Crippen molar-refractivity contribution in [3.8, 4) is 0 Å². The highest BCUT2D eigenvalue weighted by atomic mass is 127. The van der Waals surface area contributed by atoms with Crippen molar-refractivity contribution in [2.75, 3.05) is 26.2 Å². The third-order valence-electron chi connectivity index (χ3n) is 4.11. The van der Waals surface area contributed by atoms with E-state index in [0.717, 1.165) is 5.56 Å². The number of ether oxygens (including phenoxy) is 1. The van der Waals surface area contributed by atoms with Gasteiger partial charge in [-0.15, -0.1) is 3.89 Å². The van der Waals surface area contributed by atoms with Gasteiger partial charge in [0, 0.05) is 36.3 Å². The summed E-state index contributed by atoms with van der Waals surface area (Å²) in [6, 6.07) is 3.21. The van der Waals surface area contributed by atoms with Crippen molar-refractivity contribution in [1.82, 2.24) is 9.80 Å². The van der Waals surface area contributed by atoms with Crippen molar-refractivity contribution in [1.29, 1.82) is 0 Å². The average Bonchev–Trinajstić information content (AvgIpc) is 2.48. The zero-order valence-corrected chi connectivity index (χ0v) is 18.4. The van der Waals surface area contributed by atoms with E-state index in [-0.39, 0.29) is 11.0 Å². The fraction of sp³-hybridized carbons (Fsp3) is 0.588. The molecule has 1 aromatic rings. The molecule has 0 aromatic heterocycles. The van der Waals surface area contributed by atoms with Crippen molar-refractivity contribution in [2.24, 2.45) is 0 Å². The summed E-state index contributed by atoms with van der Waals surface area (Å²) in [4.78, 5) is 15.6. The Morgan fingerprint density at radius 1 is 1.23 bits per heavy atom. The Morgan fingerprint density at radius 3 is 2.31 bits per heavy atom. The van der Waals surface area contributed by atoms with E-state index in [9.17, 15) is 17.1 Å². The number of piperazine rings is 1. The summed E-state index contributed by atoms with van der Waals surface area (Å²) < 4.78 is 42.2. The molecule has 146 valence electrons. The predicted octanol–water partition coefficient (Wildman–Crippen LogP) is 3.31. The Labute approximate surface area is 168 Å². The third kappa shape index (κ3) is 5.78. The number of rotatable bonds is 3. The second kappa shape index (κ2) is 7.97. The lowest BCUT2D eigenvalue weighted by atomic mass is 10.1.